The highest BCUT2D eigenvalue weighted by molar-refractivity contribution is 5.76. The molecule has 0 fully saturated rings. The number of methoxy groups -OCH3 is 2. The van der Waals surface area contributed by atoms with Crippen LogP contribution in [-0.4, -0.2) is 29.2 Å². The van der Waals surface area contributed by atoms with Crippen molar-refractivity contribution in [1.82, 2.24) is 15.0 Å². The predicted octanol–water partition coefficient (Wildman–Crippen LogP) is 13.9. The molecular weight excluding hydrogens is 735 g/mol. The van der Waals surface area contributed by atoms with Crippen LogP contribution in [0.4, 0.5) is 0 Å². The van der Waals surface area contributed by atoms with Gasteiger partial charge in [-0.25, -0.2) is 15.0 Å². The predicted molar refractivity (Wildman–Crippen MR) is 247 cm³/mol. The first-order chi connectivity index (χ1) is 29.5. The van der Waals surface area contributed by atoms with Gasteiger partial charge in [0.05, 0.1) is 14.2 Å². The maximum Gasteiger partial charge on any atom is 0.164 e. The number of hydrogen-bond acceptors (Lipinski definition) is 5. The molecule has 0 radical (unpaired) electrons. The van der Waals surface area contributed by atoms with Gasteiger partial charge in [0.25, 0.3) is 0 Å². The van der Waals surface area contributed by atoms with Crippen LogP contribution in [0, 0.1) is 0 Å². The molecule has 0 unspecified atom stereocenters. The Hall–Kier alpha value is -7.89. The van der Waals surface area contributed by atoms with E-state index < -0.39 is 0 Å². The molecule has 60 heavy (non-hydrogen) atoms. The first-order valence-electron chi connectivity index (χ1n) is 19.8. The average molecular weight is 776 g/mol. The Bertz CT molecular complexity index is 2720. The zero-order chi connectivity index (χ0) is 40.8. The number of rotatable bonds is 11. The molecule has 0 N–H and O–H groups in total. The monoisotopic (exact) mass is 775 g/mol. The Kier molecular flexibility index (Phi) is 10.6. The summed E-state index contributed by atoms with van der Waals surface area (Å²) >= 11 is 0. The minimum Gasteiger partial charge on any atom is -0.497 e. The Balaban J connectivity index is 1.01. The second kappa shape index (κ2) is 16.9. The van der Waals surface area contributed by atoms with Crippen molar-refractivity contribution in [3.05, 3.63) is 206 Å². The molecule has 0 aliphatic carbocycles. The maximum absolute atomic E-state index is 5.33. The lowest BCUT2D eigenvalue weighted by molar-refractivity contribution is 0.415. The van der Waals surface area contributed by atoms with Gasteiger partial charge in [-0.1, -0.05) is 183 Å². The molecule has 0 amide bonds. The summed E-state index contributed by atoms with van der Waals surface area (Å²) in [5, 5.41) is 0. The van der Waals surface area contributed by atoms with Crippen molar-refractivity contribution in [2.75, 3.05) is 14.2 Å². The first kappa shape index (κ1) is 37.7. The van der Waals surface area contributed by atoms with Crippen LogP contribution in [0.5, 0.6) is 11.5 Å². The highest BCUT2D eigenvalue weighted by Gasteiger charge is 2.14. The van der Waals surface area contributed by atoms with E-state index in [1.807, 2.05) is 30.3 Å². The van der Waals surface area contributed by atoms with Gasteiger partial charge < -0.3 is 9.47 Å². The van der Waals surface area contributed by atoms with E-state index in [-0.39, 0.29) is 0 Å². The molecule has 0 saturated carbocycles. The topological polar surface area (TPSA) is 57.1 Å². The molecule has 5 heteroatoms. The van der Waals surface area contributed by atoms with Crippen LogP contribution in [0.3, 0.4) is 0 Å². The van der Waals surface area contributed by atoms with E-state index in [1.165, 1.54) is 0 Å². The highest BCUT2D eigenvalue weighted by Crippen LogP contribution is 2.32. The molecule has 8 aromatic carbocycles. The van der Waals surface area contributed by atoms with E-state index in [4.69, 9.17) is 24.4 Å². The lowest BCUT2D eigenvalue weighted by Gasteiger charge is -2.11. The molecule has 0 atom stereocenters. The number of aromatic nitrogens is 3. The third-order valence-corrected chi connectivity index (χ3v) is 10.8. The fourth-order valence-electron chi connectivity index (χ4n) is 7.29. The summed E-state index contributed by atoms with van der Waals surface area (Å²) in [5.74, 6) is 3.52. The lowest BCUT2D eigenvalue weighted by Crippen LogP contribution is -2.00. The third-order valence-electron chi connectivity index (χ3n) is 10.8. The van der Waals surface area contributed by atoms with Crippen LogP contribution < -0.4 is 9.47 Å². The Morgan fingerprint density at radius 1 is 0.283 bits per heavy atom. The number of nitrogens with zero attached hydrogens (tertiary/aromatic N) is 3. The van der Waals surface area contributed by atoms with Crippen LogP contribution in [0.1, 0.15) is 5.56 Å². The summed E-state index contributed by atoms with van der Waals surface area (Å²) in [6.45, 7) is 3.88. The van der Waals surface area contributed by atoms with Gasteiger partial charge in [0.2, 0.25) is 0 Å². The van der Waals surface area contributed by atoms with E-state index in [0.29, 0.717) is 17.5 Å². The van der Waals surface area contributed by atoms with Crippen molar-refractivity contribution in [2.45, 2.75) is 0 Å². The van der Waals surface area contributed by atoms with Crippen LogP contribution in [-0.2, 0) is 0 Å². The summed E-state index contributed by atoms with van der Waals surface area (Å²) in [5.41, 5.74) is 15.1. The number of ether oxygens (including phenoxy) is 2. The van der Waals surface area contributed by atoms with Crippen molar-refractivity contribution < 1.29 is 9.47 Å². The molecule has 0 bridgehead atoms. The summed E-state index contributed by atoms with van der Waals surface area (Å²) in [7, 11) is 3.37. The SMILES string of the molecule is C=Cc1ccc(-c2ccc(-c3nc(-c4ccc(-c5ccc(-c6ccc(OC)cc6)cc5)cc4)nc(-c4ccc(-c5ccc(-c6ccc(OC)cc6)cc5)cc4)n3)cc2)cc1. The maximum atomic E-state index is 5.33. The van der Waals surface area contributed by atoms with Gasteiger partial charge in [0.15, 0.2) is 17.5 Å². The van der Waals surface area contributed by atoms with Crippen LogP contribution in [0.15, 0.2) is 201 Å². The minimum absolute atomic E-state index is 0.610. The molecule has 0 aliphatic heterocycles. The van der Waals surface area contributed by atoms with Crippen molar-refractivity contribution in [2.24, 2.45) is 0 Å². The van der Waals surface area contributed by atoms with Crippen molar-refractivity contribution in [3.8, 4) is 101 Å². The van der Waals surface area contributed by atoms with Gasteiger partial charge in [0, 0.05) is 16.7 Å². The van der Waals surface area contributed by atoms with Crippen molar-refractivity contribution >= 4 is 6.08 Å². The molecule has 9 aromatic rings. The van der Waals surface area contributed by atoms with Crippen molar-refractivity contribution in [3.63, 3.8) is 0 Å². The van der Waals surface area contributed by atoms with Crippen LogP contribution in [0.2, 0.25) is 0 Å². The van der Waals surface area contributed by atoms with E-state index in [2.05, 4.69) is 176 Å². The summed E-state index contributed by atoms with van der Waals surface area (Å²) < 4.78 is 10.7. The third kappa shape index (κ3) is 8.11. The second-order valence-electron chi connectivity index (χ2n) is 14.5. The lowest BCUT2D eigenvalue weighted by atomic mass is 9.99. The van der Waals surface area contributed by atoms with Gasteiger partial charge in [-0.05, 0) is 85.5 Å². The minimum atomic E-state index is 0.610. The van der Waals surface area contributed by atoms with E-state index in [1.54, 1.807) is 14.2 Å². The molecule has 9 rings (SSSR count). The molecular formula is C55H41N3O2. The quantitative estimate of drug-likeness (QED) is 0.131. The standard InChI is InChI=1S/C55H41N3O2/c1-4-37-5-7-38(8-6-37)43-17-23-48(24-18-43)53-56-54(49-25-19-44(20-26-49)39-9-13-41(14-10-39)46-29-33-51(59-2)34-30-46)58-55(57-53)50-27-21-45(22-28-50)40-11-15-42(16-12-40)47-31-35-52(60-3)36-32-47/h4-36H,1H2,2-3H3. The molecule has 1 aromatic heterocycles. The fraction of sp³-hybridized carbons (Fsp3) is 0.0364. The largest absolute Gasteiger partial charge is 0.497 e. The van der Waals surface area contributed by atoms with E-state index >= 15 is 0 Å². The summed E-state index contributed by atoms with van der Waals surface area (Å²) in [6, 6.07) is 67.1. The average Bonchev–Trinajstić information content (AvgIpc) is 3.34. The molecule has 0 aliphatic rings. The Labute approximate surface area is 351 Å². The second-order valence-corrected chi connectivity index (χ2v) is 14.5. The van der Waals surface area contributed by atoms with Gasteiger partial charge in [-0.3, -0.25) is 0 Å². The molecule has 0 saturated heterocycles. The van der Waals surface area contributed by atoms with Gasteiger partial charge >= 0.3 is 0 Å². The smallest absolute Gasteiger partial charge is 0.164 e. The van der Waals surface area contributed by atoms with Crippen LogP contribution >= 0.6 is 0 Å². The summed E-state index contributed by atoms with van der Waals surface area (Å²) in [6.07, 6.45) is 1.85. The Morgan fingerprint density at radius 3 is 0.667 bits per heavy atom. The molecule has 5 nitrogen and oxygen atoms in total. The molecule has 1 heterocycles. The first-order valence-corrected chi connectivity index (χ1v) is 19.8. The molecule has 288 valence electrons. The zero-order valence-electron chi connectivity index (χ0n) is 33.4. The fourth-order valence-corrected chi connectivity index (χ4v) is 7.29. The number of hydrogen-bond donors (Lipinski definition) is 0. The van der Waals surface area contributed by atoms with E-state index in [0.717, 1.165) is 89.4 Å². The van der Waals surface area contributed by atoms with E-state index in [9.17, 15) is 0 Å². The van der Waals surface area contributed by atoms with Gasteiger partial charge in [-0.15, -0.1) is 0 Å². The van der Waals surface area contributed by atoms with Gasteiger partial charge in [-0.2, -0.15) is 0 Å². The van der Waals surface area contributed by atoms with Crippen molar-refractivity contribution in [1.29, 1.82) is 0 Å². The molecule has 0 spiro atoms. The highest BCUT2D eigenvalue weighted by atomic mass is 16.5. The normalized spacial score (nSPS) is 10.9. The van der Waals surface area contributed by atoms with Crippen LogP contribution in [0.25, 0.3) is 95.9 Å². The Morgan fingerprint density at radius 2 is 0.467 bits per heavy atom. The summed E-state index contributed by atoms with van der Waals surface area (Å²) in [4.78, 5) is 15.1. The van der Waals surface area contributed by atoms with Gasteiger partial charge in [0.1, 0.15) is 11.5 Å². The number of benzene rings is 8. The zero-order valence-corrected chi connectivity index (χ0v) is 33.4.